The van der Waals surface area contributed by atoms with Crippen LogP contribution in [-0.4, -0.2) is 42.7 Å². The van der Waals surface area contributed by atoms with E-state index in [2.05, 4.69) is 20.8 Å². The predicted molar refractivity (Wildman–Crippen MR) is 83.9 cm³/mol. The minimum Gasteiger partial charge on any atom is -0.383 e. The molecule has 2 aliphatic carbocycles. The molecule has 1 aromatic heterocycles. The molecule has 9 heteroatoms. The smallest absolute Gasteiger partial charge is 0.352 e. The van der Waals surface area contributed by atoms with Crippen molar-refractivity contribution in [2.75, 3.05) is 5.32 Å². The molecule has 0 unspecified atom stereocenters. The highest BCUT2D eigenvalue weighted by atomic mass is 19.3. The van der Waals surface area contributed by atoms with Crippen LogP contribution in [0.1, 0.15) is 38.1 Å². The van der Waals surface area contributed by atoms with Crippen molar-refractivity contribution < 1.29 is 18.7 Å². The average molecular weight is 349 g/mol. The molecule has 0 spiro atoms. The maximum atomic E-state index is 14.2. The van der Waals surface area contributed by atoms with E-state index in [4.69, 9.17) is 0 Å². The van der Waals surface area contributed by atoms with E-state index in [1.807, 2.05) is 0 Å². The van der Waals surface area contributed by atoms with Crippen molar-refractivity contribution in [3.05, 3.63) is 24.3 Å². The lowest BCUT2D eigenvalue weighted by molar-refractivity contribution is -0.212. The summed E-state index contributed by atoms with van der Waals surface area (Å²) in [5.74, 6) is -4.81. The van der Waals surface area contributed by atoms with E-state index in [1.165, 1.54) is 6.07 Å². The van der Waals surface area contributed by atoms with Gasteiger partial charge in [0.1, 0.15) is 5.60 Å². The summed E-state index contributed by atoms with van der Waals surface area (Å²) in [4.78, 5) is 12.0. The van der Waals surface area contributed by atoms with E-state index in [0.717, 1.165) is 12.8 Å². The van der Waals surface area contributed by atoms with Crippen molar-refractivity contribution in [1.82, 2.24) is 20.2 Å². The zero-order valence-electron chi connectivity index (χ0n) is 13.3. The Morgan fingerprint density at radius 1 is 1.36 bits per heavy atom. The SMILES string of the molecule is O=C(Nc1cccc(-c2nnnn2C2CC2)c1)C(F)(F)C1(O)CCC1. The average Bonchev–Trinajstić information content (AvgIpc) is 3.29. The molecule has 0 radical (unpaired) electrons. The Labute approximate surface area is 142 Å². The van der Waals surface area contributed by atoms with Crippen LogP contribution in [0.4, 0.5) is 14.5 Å². The second-order valence-corrected chi connectivity index (χ2v) is 6.67. The van der Waals surface area contributed by atoms with Gasteiger partial charge >= 0.3 is 5.92 Å². The molecule has 132 valence electrons. The van der Waals surface area contributed by atoms with Gasteiger partial charge in [-0.25, -0.2) is 4.68 Å². The topological polar surface area (TPSA) is 92.9 Å². The van der Waals surface area contributed by atoms with Crippen LogP contribution >= 0.6 is 0 Å². The van der Waals surface area contributed by atoms with Crippen LogP contribution in [0, 0.1) is 0 Å². The molecule has 2 fully saturated rings. The number of nitrogens with one attached hydrogen (secondary N) is 1. The highest BCUT2D eigenvalue weighted by molar-refractivity contribution is 5.97. The van der Waals surface area contributed by atoms with Crippen molar-refractivity contribution in [1.29, 1.82) is 0 Å². The number of tetrazole rings is 1. The number of amides is 1. The van der Waals surface area contributed by atoms with Gasteiger partial charge in [-0.3, -0.25) is 4.79 Å². The second kappa shape index (κ2) is 5.55. The number of carbonyl (C=O) groups excluding carboxylic acids is 1. The first-order valence-corrected chi connectivity index (χ1v) is 8.21. The Balaban J connectivity index is 1.55. The fraction of sp³-hybridized carbons (Fsp3) is 0.500. The first-order chi connectivity index (χ1) is 11.9. The molecule has 1 amide bonds. The van der Waals surface area contributed by atoms with E-state index in [-0.39, 0.29) is 24.6 Å². The number of benzene rings is 1. The number of carbonyl (C=O) groups is 1. The van der Waals surface area contributed by atoms with Crippen LogP contribution in [0.3, 0.4) is 0 Å². The second-order valence-electron chi connectivity index (χ2n) is 6.67. The van der Waals surface area contributed by atoms with Crippen LogP contribution in [0.15, 0.2) is 24.3 Å². The number of hydrogen-bond acceptors (Lipinski definition) is 5. The molecule has 1 aromatic carbocycles. The maximum Gasteiger partial charge on any atom is 0.352 e. The highest BCUT2D eigenvalue weighted by Gasteiger charge is 2.61. The largest absolute Gasteiger partial charge is 0.383 e. The highest BCUT2D eigenvalue weighted by Crippen LogP contribution is 2.44. The third-order valence-corrected chi connectivity index (χ3v) is 4.81. The molecule has 0 atom stereocenters. The Bertz CT molecular complexity index is 814. The Kier molecular flexibility index (Phi) is 3.57. The summed E-state index contributed by atoms with van der Waals surface area (Å²) in [5.41, 5.74) is -1.42. The molecule has 2 N–H and O–H groups in total. The maximum absolute atomic E-state index is 14.2. The number of anilines is 1. The fourth-order valence-electron chi connectivity index (χ4n) is 2.93. The summed E-state index contributed by atoms with van der Waals surface area (Å²) in [7, 11) is 0. The number of halogens is 2. The zero-order valence-corrected chi connectivity index (χ0v) is 13.3. The van der Waals surface area contributed by atoms with Gasteiger partial charge in [0.15, 0.2) is 5.82 Å². The van der Waals surface area contributed by atoms with Crippen molar-refractivity contribution in [2.45, 2.75) is 49.7 Å². The molecule has 2 saturated carbocycles. The van der Waals surface area contributed by atoms with E-state index in [9.17, 15) is 18.7 Å². The van der Waals surface area contributed by atoms with E-state index < -0.39 is 17.4 Å². The van der Waals surface area contributed by atoms with Gasteiger partial charge < -0.3 is 10.4 Å². The minimum atomic E-state index is -3.84. The lowest BCUT2D eigenvalue weighted by Crippen LogP contribution is -2.59. The summed E-state index contributed by atoms with van der Waals surface area (Å²) in [5, 5.41) is 23.6. The third-order valence-electron chi connectivity index (χ3n) is 4.81. The number of rotatable bonds is 5. The molecular weight excluding hydrogens is 332 g/mol. The van der Waals surface area contributed by atoms with Crippen molar-refractivity contribution in [2.24, 2.45) is 0 Å². The van der Waals surface area contributed by atoms with Gasteiger partial charge in [-0.05, 0) is 54.7 Å². The zero-order chi connectivity index (χ0) is 17.7. The monoisotopic (exact) mass is 349 g/mol. The molecular formula is C16H17F2N5O2. The minimum absolute atomic E-state index is 0.0797. The lowest BCUT2D eigenvalue weighted by Gasteiger charge is -2.41. The number of nitrogens with zero attached hydrogens (tertiary/aromatic N) is 4. The van der Waals surface area contributed by atoms with Crippen molar-refractivity contribution >= 4 is 11.6 Å². The van der Waals surface area contributed by atoms with Gasteiger partial charge in [0.25, 0.3) is 5.91 Å². The summed E-state index contributed by atoms with van der Waals surface area (Å²) in [6, 6.07) is 6.70. The van der Waals surface area contributed by atoms with Gasteiger partial charge in [0.05, 0.1) is 6.04 Å². The number of aromatic nitrogens is 4. The van der Waals surface area contributed by atoms with Gasteiger partial charge in [0.2, 0.25) is 0 Å². The molecule has 4 rings (SSSR count). The summed E-state index contributed by atoms with van der Waals surface area (Å²) in [6.45, 7) is 0. The molecule has 2 aromatic rings. The number of aliphatic hydroxyl groups is 1. The first kappa shape index (κ1) is 16.1. The van der Waals surface area contributed by atoms with Crippen LogP contribution in [-0.2, 0) is 4.79 Å². The molecule has 1 heterocycles. The molecule has 0 aliphatic heterocycles. The van der Waals surface area contributed by atoms with Gasteiger partial charge in [0, 0.05) is 11.3 Å². The van der Waals surface area contributed by atoms with Crippen molar-refractivity contribution in [3.8, 4) is 11.4 Å². The molecule has 0 saturated heterocycles. The first-order valence-electron chi connectivity index (χ1n) is 8.21. The van der Waals surface area contributed by atoms with Gasteiger partial charge in [-0.1, -0.05) is 12.1 Å². The molecule has 25 heavy (non-hydrogen) atoms. The lowest BCUT2D eigenvalue weighted by atomic mass is 9.75. The van der Waals surface area contributed by atoms with Gasteiger partial charge in [-0.2, -0.15) is 8.78 Å². The fourth-order valence-corrected chi connectivity index (χ4v) is 2.93. The summed E-state index contributed by atoms with van der Waals surface area (Å²) < 4.78 is 30.1. The summed E-state index contributed by atoms with van der Waals surface area (Å²) >= 11 is 0. The van der Waals surface area contributed by atoms with E-state index in [1.54, 1.807) is 22.9 Å². The molecule has 2 aliphatic rings. The van der Waals surface area contributed by atoms with Gasteiger partial charge in [-0.15, -0.1) is 5.10 Å². The third kappa shape index (κ3) is 2.68. The Morgan fingerprint density at radius 3 is 2.76 bits per heavy atom. The van der Waals surface area contributed by atoms with Crippen LogP contribution in [0.25, 0.3) is 11.4 Å². The number of alkyl halides is 2. The predicted octanol–water partition coefficient (Wildman–Crippen LogP) is 2.16. The molecule has 7 nitrogen and oxygen atoms in total. The normalized spacial score (nSPS) is 19.3. The van der Waals surface area contributed by atoms with E-state index >= 15 is 0 Å². The van der Waals surface area contributed by atoms with E-state index in [0.29, 0.717) is 17.8 Å². The quantitative estimate of drug-likeness (QED) is 0.863. The van der Waals surface area contributed by atoms with Crippen LogP contribution < -0.4 is 5.32 Å². The standard InChI is InChI=1S/C16H17F2N5O2/c17-16(18,15(25)7-2-8-15)14(24)19-11-4-1-3-10(9-11)13-20-21-22-23(13)12-5-6-12/h1,3-4,9,12,25H,2,5-8H2,(H,19,24). The molecule has 0 bridgehead atoms. The summed E-state index contributed by atoms with van der Waals surface area (Å²) in [6.07, 6.45) is 2.32. The van der Waals surface area contributed by atoms with Crippen LogP contribution in [0.2, 0.25) is 0 Å². The van der Waals surface area contributed by atoms with Crippen LogP contribution in [0.5, 0.6) is 0 Å². The van der Waals surface area contributed by atoms with Crippen molar-refractivity contribution in [3.63, 3.8) is 0 Å². The Morgan fingerprint density at radius 2 is 2.12 bits per heavy atom. The number of hydrogen-bond donors (Lipinski definition) is 2. The Hall–Kier alpha value is -2.42.